The highest BCUT2D eigenvalue weighted by Gasteiger charge is 2.33. The van der Waals surface area contributed by atoms with Gasteiger partial charge in [0.05, 0.1) is 19.2 Å². The maximum absolute atomic E-state index is 9.78. The second-order valence-corrected chi connectivity index (χ2v) is 5.81. The molecule has 3 rings (SSSR count). The van der Waals surface area contributed by atoms with Crippen LogP contribution in [0.25, 0.3) is 0 Å². The van der Waals surface area contributed by atoms with Gasteiger partial charge in [0.2, 0.25) is 0 Å². The molecule has 2 atom stereocenters. The van der Waals surface area contributed by atoms with Gasteiger partial charge in [-0.2, -0.15) is 10.4 Å². The summed E-state index contributed by atoms with van der Waals surface area (Å²) in [6, 6.07) is 16.8. The number of phenols is 1. The van der Waals surface area contributed by atoms with Crippen LogP contribution in [0.4, 0.5) is 0 Å². The van der Waals surface area contributed by atoms with Crippen molar-refractivity contribution in [2.75, 3.05) is 7.11 Å². The molecule has 0 saturated carbocycles. The Morgan fingerprint density at radius 2 is 2.04 bits per heavy atom. The number of nitrogens with zero attached hydrogens (tertiary/aromatic N) is 3. The molecule has 0 radical (unpaired) electrons. The number of hydrazone groups is 1. The van der Waals surface area contributed by atoms with Crippen LogP contribution in [0.15, 0.2) is 53.6 Å². The van der Waals surface area contributed by atoms with Crippen molar-refractivity contribution >= 4 is 5.71 Å². The van der Waals surface area contributed by atoms with Crippen molar-refractivity contribution in [1.82, 2.24) is 5.01 Å². The lowest BCUT2D eigenvalue weighted by Crippen LogP contribution is -2.24. The van der Waals surface area contributed by atoms with Crippen LogP contribution >= 0.6 is 0 Å². The van der Waals surface area contributed by atoms with E-state index < -0.39 is 6.04 Å². The lowest BCUT2D eigenvalue weighted by atomic mass is 9.99. The van der Waals surface area contributed by atoms with E-state index in [4.69, 9.17) is 4.74 Å². The van der Waals surface area contributed by atoms with Crippen LogP contribution in [-0.2, 0) is 0 Å². The number of rotatable bonds is 4. The summed E-state index contributed by atoms with van der Waals surface area (Å²) in [4.78, 5) is 0. The van der Waals surface area contributed by atoms with Gasteiger partial charge in [0, 0.05) is 12.1 Å². The molecular weight excluding hydrogens is 302 g/mol. The van der Waals surface area contributed by atoms with E-state index in [9.17, 15) is 10.4 Å². The van der Waals surface area contributed by atoms with E-state index in [1.54, 1.807) is 18.2 Å². The molecule has 0 unspecified atom stereocenters. The zero-order valence-electron chi connectivity index (χ0n) is 13.7. The van der Waals surface area contributed by atoms with Crippen molar-refractivity contribution in [2.45, 2.75) is 25.4 Å². The van der Waals surface area contributed by atoms with Crippen LogP contribution in [0.1, 0.15) is 36.6 Å². The molecule has 122 valence electrons. The van der Waals surface area contributed by atoms with Gasteiger partial charge in [0.15, 0.2) is 17.5 Å². The summed E-state index contributed by atoms with van der Waals surface area (Å²) in [6.45, 7) is 1.97. The number of nitriles is 1. The Hall–Kier alpha value is -3.00. The molecule has 0 aliphatic carbocycles. The van der Waals surface area contributed by atoms with Gasteiger partial charge < -0.3 is 9.84 Å². The van der Waals surface area contributed by atoms with E-state index in [0.29, 0.717) is 5.75 Å². The van der Waals surface area contributed by atoms with Crippen LogP contribution < -0.4 is 4.74 Å². The number of ether oxygens (including phenoxy) is 1. The fourth-order valence-corrected chi connectivity index (χ4v) is 3.02. The van der Waals surface area contributed by atoms with Gasteiger partial charge in [-0.1, -0.05) is 36.4 Å². The molecule has 1 aliphatic rings. The first-order valence-corrected chi connectivity index (χ1v) is 7.78. The summed E-state index contributed by atoms with van der Waals surface area (Å²) in [5.74, 6) is 0.405. The van der Waals surface area contributed by atoms with Gasteiger partial charge in [0.1, 0.15) is 0 Å². The quantitative estimate of drug-likeness (QED) is 0.930. The van der Waals surface area contributed by atoms with E-state index in [1.807, 2.05) is 30.1 Å². The molecule has 1 aliphatic heterocycles. The van der Waals surface area contributed by atoms with Crippen LogP contribution in [-0.4, -0.2) is 22.9 Å². The van der Waals surface area contributed by atoms with E-state index in [2.05, 4.69) is 23.3 Å². The number of methoxy groups -OCH3 is 1. The summed E-state index contributed by atoms with van der Waals surface area (Å²) in [6.07, 6.45) is 0.789. The third-order valence-corrected chi connectivity index (χ3v) is 4.18. The smallest absolute Gasteiger partial charge is 0.160 e. The molecule has 2 aromatic carbocycles. The Labute approximate surface area is 141 Å². The predicted octanol–water partition coefficient (Wildman–Crippen LogP) is 3.79. The van der Waals surface area contributed by atoms with Gasteiger partial charge in [-0.3, -0.25) is 5.01 Å². The molecule has 0 fully saturated rings. The topological polar surface area (TPSA) is 68.8 Å². The standard InChI is InChI=1S/C19H19N3O2/c1-13-10-16(14-6-4-3-5-7-14)22(21-13)17(12-20)15-8-9-18(23)19(11-15)24-2/h3-9,11,16-17,23H,10H2,1-2H3/t16-,17+/m0/s1. The van der Waals surface area contributed by atoms with Gasteiger partial charge >= 0.3 is 0 Å². The minimum atomic E-state index is -0.554. The predicted molar refractivity (Wildman–Crippen MR) is 91.8 cm³/mol. The first-order chi connectivity index (χ1) is 11.6. The van der Waals surface area contributed by atoms with Gasteiger partial charge in [-0.25, -0.2) is 0 Å². The average Bonchev–Trinajstić information content (AvgIpc) is 2.99. The fraction of sp³-hybridized carbons (Fsp3) is 0.263. The van der Waals surface area contributed by atoms with E-state index in [0.717, 1.165) is 23.3 Å². The molecule has 0 spiro atoms. The van der Waals surface area contributed by atoms with Crippen LogP contribution in [0.3, 0.4) is 0 Å². The van der Waals surface area contributed by atoms with Gasteiger partial charge in [-0.05, 0) is 30.2 Å². The maximum Gasteiger partial charge on any atom is 0.160 e. The maximum atomic E-state index is 9.78. The number of hydrogen-bond acceptors (Lipinski definition) is 5. The van der Waals surface area contributed by atoms with E-state index in [-0.39, 0.29) is 11.8 Å². The van der Waals surface area contributed by atoms with Crippen molar-refractivity contribution < 1.29 is 9.84 Å². The summed E-state index contributed by atoms with van der Waals surface area (Å²) >= 11 is 0. The molecule has 24 heavy (non-hydrogen) atoms. The zero-order valence-corrected chi connectivity index (χ0v) is 13.7. The normalized spacial score (nSPS) is 18.0. The zero-order chi connectivity index (χ0) is 17.1. The fourth-order valence-electron chi connectivity index (χ4n) is 3.02. The summed E-state index contributed by atoms with van der Waals surface area (Å²) in [5, 5.41) is 26.0. The molecule has 0 amide bonds. The number of benzene rings is 2. The molecular formula is C19H19N3O2. The SMILES string of the molecule is COc1cc([C@@H](C#N)N2N=C(C)C[C@H]2c2ccccc2)ccc1O. The second-order valence-electron chi connectivity index (χ2n) is 5.81. The second kappa shape index (κ2) is 6.63. The molecule has 5 nitrogen and oxygen atoms in total. The Morgan fingerprint density at radius 3 is 2.71 bits per heavy atom. The van der Waals surface area contributed by atoms with Crippen LogP contribution in [0, 0.1) is 11.3 Å². The van der Waals surface area contributed by atoms with Crippen molar-refractivity contribution in [3.63, 3.8) is 0 Å². The monoisotopic (exact) mass is 321 g/mol. The summed E-state index contributed by atoms with van der Waals surface area (Å²) in [5.41, 5.74) is 2.87. The molecule has 5 heteroatoms. The van der Waals surface area contributed by atoms with Crippen molar-refractivity contribution in [3.8, 4) is 17.6 Å². The third kappa shape index (κ3) is 2.91. The average molecular weight is 321 g/mol. The first-order valence-electron chi connectivity index (χ1n) is 7.78. The molecule has 2 aromatic rings. The summed E-state index contributed by atoms with van der Waals surface area (Å²) < 4.78 is 5.16. The first kappa shape index (κ1) is 15.9. The minimum absolute atomic E-state index is 0.0237. The molecule has 0 bridgehead atoms. The number of aromatic hydroxyl groups is 1. The highest BCUT2D eigenvalue weighted by Crippen LogP contribution is 2.39. The third-order valence-electron chi connectivity index (χ3n) is 4.18. The Balaban J connectivity index is 1.98. The molecule has 0 saturated heterocycles. The van der Waals surface area contributed by atoms with Gasteiger partial charge in [-0.15, -0.1) is 0 Å². The molecule has 1 heterocycles. The van der Waals surface area contributed by atoms with Gasteiger partial charge in [0.25, 0.3) is 0 Å². The Bertz CT molecular complexity index is 796. The largest absolute Gasteiger partial charge is 0.504 e. The lowest BCUT2D eigenvalue weighted by Gasteiger charge is -2.28. The lowest BCUT2D eigenvalue weighted by molar-refractivity contribution is 0.196. The molecule has 0 aromatic heterocycles. The minimum Gasteiger partial charge on any atom is -0.504 e. The van der Waals surface area contributed by atoms with Crippen molar-refractivity contribution in [3.05, 3.63) is 59.7 Å². The van der Waals surface area contributed by atoms with Crippen molar-refractivity contribution in [1.29, 1.82) is 5.26 Å². The highest BCUT2D eigenvalue weighted by molar-refractivity contribution is 5.84. The van der Waals surface area contributed by atoms with Crippen LogP contribution in [0.5, 0.6) is 11.5 Å². The van der Waals surface area contributed by atoms with E-state index >= 15 is 0 Å². The van der Waals surface area contributed by atoms with Crippen LogP contribution in [0.2, 0.25) is 0 Å². The molecule has 1 N–H and O–H groups in total. The highest BCUT2D eigenvalue weighted by atomic mass is 16.5. The van der Waals surface area contributed by atoms with E-state index in [1.165, 1.54) is 7.11 Å². The number of phenolic OH excluding ortho intramolecular Hbond substituents is 1. The summed E-state index contributed by atoms with van der Waals surface area (Å²) in [7, 11) is 1.49. The van der Waals surface area contributed by atoms with Crippen molar-refractivity contribution in [2.24, 2.45) is 5.10 Å². The number of hydrogen-bond donors (Lipinski definition) is 1. The Morgan fingerprint density at radius 1 is 1.29 bits per heavy atom. The Kier molecular flexibility index (Phi) is 4.39.